The maximum absolute atomic E-state index is 8.87. The largest absolute Gasteiger partial charge is 0.297 e. The molecule has 4 heteroatoms. The van der Waals surface area contributed by atoms with Crippen LogP contribution >= 0.6 is 11.3 Å². The van der Waals surface area contributed by atoms with Crippen LogP contribution in [0.2, 0.25) is 0 Å². The Labute approximate surface area is 118 Å². The van der Waals surface area contributed by atoms with E-state index in [1.165, 1.54) is 16.0 Å². The highest BCUT2D eigenvalue weighted by Gasteiger charge is 2.08. The molecule has 0 aliphatic rings. The molecular formula is C15H17N3S. The molecule has 0 N–H and O–H groups in total. The molecule has 0 aliphatic carbocycles. The quantitative estimate of drug-likeness (QED) is 0.857. The topological polar surface area (TPSA) is 39.9 Å². The maximum atomic E-state index is 8.87. The number of rotatable bonds is 4. The number of hydrogen-bond acceptors (Lipinski definition) is 4. The minimum atomic E-state index is 0.724. The van der Waals surface area contributed by atoms with E-state index in [2.05, 4.69) is 29.9 Å². The van der Waals surface area contributed by atoms with Crippen LogP contribution in [0.3, 0.4) is 0 Å². The van der Waals surface area contributed by atoms with Crippen LogP contribution in [-0.4, -0.2) is 16.9 Å². The lowest BCUT2D eigenvalue weighted by atomic mass is 10.1. The Morgan fingerprint density at radius 2 is 2.11 bits per heavy atom. The molecular weight excluding hydrogens is 254 g/mol. The number of benzene rings is 1. The van der Waals surface area contributed by atoms with Gasteiger partial charge in [-0.3, -0.25) is 4.90 Å². The predicted octanol–water partition coefficient (Wildman–Crippen LogP) is 3.26. The van der Waals surface area contributed by atoms with Gasteiger partial charge in [-0.1, -0.05) is 6.07 Å². The van der Waals surface area contributed by atoms with E-state index in [0.29, 0.717) is 0 Å². The van der Waals surface area contributed by atoms with E-state index in [1.807, 2.05) is 30.6 Å². The molecule has 3 nitrogen and oxygen atoms in total. The average molecular weight is 271 g/mol. The van der Waals surface area contributed by atoms with Crippen LogP contribution in [0.4, 0.5) is 0 Å². The van der Waals surface area contributed by atoms with Crippen LogP contribution in [0.15, 0.2) is 23.7 Å². The van der Waals surface area contributed by atoms with Crippen molar-refractivity contribution in [3.8, 4) is 6.07 Å². The van der Waals surface area contributed by atoms with Crippen LogP contribution in [0, 0.1) is 25.2 Å². The van der Waals surface area contributed by atoms with Crippen LogP contribution in [0.25, 0.3) is 0 Å². The molecule has 0 saturated carbocycles. The standard InChI is InChI=1S/C15H17N3S/c1-11-6-13(7-16)4-5-14(11)8-18(3)9-15-12(2)17-10-19-15/h4-6,10H,8-9H2,1-3H3. The fourth-order valence-electron chi connectivity index (χ4n) is 2.01. The number of thiazole rings is 1. The van der Waals surface area contributed by atoms with E-state index in [-0.39, 0.29) is 0 Å². The molecule has 0 unspecified atom stereocenters. The third-order valence-corrected chi connectivity index (χ3v) is 4.09. The van der Waals surface area contributed by atoms with Crippen molar-refractivity contribution in [2.24, 2.45) is 0 Å². The lowest BCUT2D eigenvalue weighted by Gasteiger charge is -2.17. The Kier molecular flexibility index (Phi) is 4.31. The summed E-state index contributed by atoms with van der Waals surface area (Å²) in [6.07, 6.45) is 0. The summed E-state index contributed by atoms with van der Waals surface area (Å²) in [6.45, 7) is 5.90. The van der Waals surface area contributed by atoms with Crippen LogP contribution in [0.5, 0.6) is 0 Å². The van der Waals surface area contributed by atoms with Crippen molar-refractivity contribution in [3.05, 3.63) is 51.0 Å². The number of nitrogens with zero attached hydrogens (tertiary/aromatic N) is 3. The second-order valence-corrected chi connectivity index (χ2v) is 5.73. The van der Waals surface area contributed by atoms with E-state index >= 15 is 0 Å². The summed E-state index contributed by atoms with van der Waals surface area (Å²) in [7, 11) is 2.11. The third-order valence-electron chi connectivity index (χ3n) is 3.17. The second-order valence-electron chi connectivity index (χ2n) is 4.79. The highest BCUT2D eigenvalue weighted by atomic mass is 32.1. The lowest BCUT2D eigenvalue weighted by Crippen LogP contribution is -2.17. The van der Waals surface area contributed by atoms with Crippen molar-refractivity contribution in [1.29, 1.82) is 5.26 Å². The number of aromatic nitrogens is 1. The van der Waals surface area contributed by atoms with Gasteiger partial charge in [0.1, 0.15) is 0 Å². The molecule has 1 aromatic carbocycles. The smallest absolute Gasteiger partial charge is 0.0991 e. The first-order valence-corrected chi connectivity index (χ1v) is 7.05. The summed E-state index contributed by atoms with van der Waals surface area (Å²) in [6, 6.07) is 8.05. The molecule has 1 aromatic heterocycles. The molecule has 0 amide bonds. The molecule has 2 aromatic rings. The monoisotopic (exact) mass is 271 g/mol. The Balaban J connectivity index is 2.05. The van der Waals surface area contributed by atoms with Crippen molar-refractivity contribution in [3.63, 3.8) is 0 Å². The van der Waals surface area contributed by atoms with Crippen LogP contribution in [-0.2, 0) is 13.1 Å². The van der Waals surface area contributed by atoms with Gasteiger partial charge in [0.25, 0.3) is 0 Å². The Morgan fingerprint density at radius 1 is 1.32 bits per heavy atom. The van der Waals surface area contributed by atoms with Gasteiger partial charge in [-0.25, -0.2) is 4.98 Å². The first kappa shape index (κ1) is 13.7. The summed E-state index contributed by atoms with van der Waals surface area (Å²) in [5.74, 6) is 0. The lowest BCUT2D eigenvalue weighted by molar-refractivity contribution is 0.320. The van der Waals surface area contributed by atoms with E-state index in [9.17, 15) is 0 Å². The number of aryl methyl sites for hydroxylation is 2. The van der Waals surface area contributed by atoms with E-state index in [1.54, 1.807) is 11.3 Å². The first-order valence-electron chi connectivity index (χ1n) is 6.17. The zero-order chi connectivity index (χ0) is 13.8. The molecule has 1 heterocycles. The summed E-state index contributed by atoms with van der Waals surface area (Å²) in [4.78, 5) is 7.86. The molecule has 0 fully saturated rings. The van der Waals surface area contributed by atoms with Gasteiger partial charge in [-0.05, 0) is 44.2 Å². The molecule has 0 saturated heterocycles. The van der Waals surface area contributed by atoms with Crippen LogP contribution in [0.1, 0.15) is 27.3 Å². The molecule has 0 aliphatic heterocycles. The van der Waals surface area contributed by atoms with Gasteiger partial charge in [0, 0.05) is 18.0 Å². The van der Waals surface area contributed by atoms with Crippen molar-refractivity contribution in [1.82, 2.24) is 9.88 Å². The van der Waals surface area contributed by atoms with Gasteiger partial charge in [-0.15, -0.1) is 11.3 Å². The van der Waals surface area contributed by atoms with Gasteiger partial charge in [0.05, 0.1) is 22.8 Å². The van der Waals surface area contributed by atoms with E-state index in [4.69, 9.17) is 5.26 Å². The SMILES string of the molecule is Cc1cc(C#N)ccc1CN(C)Cc1scnc1C. The molecule has 0 atom stereocenters. The van der Waals surface area contributed by atoms with E-state index in [0.717, 1.165) is 24.3 Å². The van der Waals surface area contributed by atoms with Gasteiger partial charge >= 0.3 is 0 Å². The molecule has 2 rings (SSSR count). The molecule has 19 heavy (non-hydrogen) atoms. The van der Waals surface area contributed by atoms with Gasteiger partial charge in [0.2, 0.25) is 0 Å². The molecule has 98 valence electrons. The summed E-state index contributed by atoms with van der Waals surface area (Å²) in [5.41, 5.74) is 6.18. The van der Waals surface area contributed by atoms with E-state index < -0.39 is 0 Å². The molecule has 0 bridgehead atoms. The minimum absolute atomic E-state index is 0.724. The highest BCUT2D eigenvalue weighted by molar-refractivity contribution is 7.09. The summed E-state index contributed by atoms with van der Waals surface area (Å²) < 4.78 is 0. The summed E-state index contributed by atoms with van der Waals surface area (Å²) in [5, 5.41) is 8.87. The second kappa shape index (κ2) is 5.96. The van der Waals surface area contributed by atoms with Gasteiger partial charge < -0.3 is 0 Å². The highest BCUT2D eigenvalue weighted by Crippen LogP contribution is 2.17. The minimum Gasteiger partial charge on any atom is -0.297 e. The maximum Gasteiger partial charge on any atom is 0.0991 e. The van der Waals surface area contributed by atoms with Crippen molar-refractivity contribution in [2.75, 3.05) is 7.05 Å². The number of hydrogen-bond donors (Lipinski definition) is 0. The van der Waals surface area contributed by atoms with Crippen molar-refractivity contribution < 1.29 is 0 Å². The normalized spacial score (nSPS) is 10.7. The predicted molar refractivity (Wildman–Crippen MR) is 77.9 cm³/mol. The Hall–Kier alpha value is -1.70. The third kappa shape index (κ3) is 3.40. The first-order chi connectivity index (χ1) is 9.10. The van der Waals surface area contributed by atoms with Gasteiger partial charge in [-0.2, -0.15) is 5.26 Å². The molecule has 0 radical (unpaired) electrons. The Bertz CT molecular complexity index is 610. The molecule has 0 spiro atoms. The van der Waals surface area contributed by atoms with Crippen molar-refractivity contribution >= 4 is 11.3 Å². The zero-order valence-electron chi connectivity index (χ0n) is 11.5. The van der Waals surface area contributed by atoms with Crippen LogP contribution < -0.4 is 0 Å². The van der Waals surface area contributed by atoms with Crippen molar-refractivity contribution in [2.45, 2.75) is 26.9 Å². The number of nitriles is 1. The fraction of sp³-hybridized carbons (Fsp3) is 0.333. The summed E-state index contributed by atoms with van der Waals surface area (Å²) >= 11 is 1.70. The zero-order valence-corrected chi connectivity index (χ0v) is 12.3. The van der Waals surface area contributed by atoms with Gasteiger partial charge in [0.15, 0.2) is 0 Å². The fourth-order valence-corrected chi connectivity index (χ4v) is 2.87. The Morgan fingerprint density at radius 3 is 2.68 bits per heavy atom. The average Bonchev–Trinajstić information content (AvgIpc) is 2.77.